The van der Waals surface area contributed by atoms with E-state index in [9.17, 15) is 17.6 Å². The molecule has 1 aromatic rings. The fraction of sp³-hybridized carbons (Fsp3) is 0.364. The van der Waals surface area contributed by atoms with Crippen molar-refractivity contribution in [2.75, 3.05) is 13.7 Å². The number of halogens is 1. The Kier molecular flexibility index (Phi) is 4.98. The summed E-state index contributed by atoms with van der Waals surface area (Å²) in [4.78, 5) is 11.0. The summed E-state index contributed by atoms with van der Waals surface area (Å²) in [7, 11) is -3.01. The Morgan fingerprint density at radius 3 is 2.68 bits per heavy atom. The molecule has 0 fully saturated rings. The van der Waals surface area contributed by atoms with Crippen LogP contribution in [0.1, 0.15) is 17.3 Å². The molecule has 0 aliphatic carbocycles. The average molecular weight is 290 g/mol. The van der Waals surface area contributed by atoms with Gasteiger partial charge in [-0.25, -0.2) is 22.3 Å². The van der Waals surface area contributed by atoms with E-state index >= 15 is 0 Å². The van der Waals surface area contributed by atoms with E-state index in [-0.39, 0.29) is 6.54 Å². The van der Waals surface area contributed by atoms with E-state index in [2.05, 4.69) is 9.46 Å². The van der Waals surface area contributed by atoms with Crippen molar-refractivity contribution >= 4 is 16.0 Å². The van der Waals surface area contributed by atoms with E-state index < -0.39 is 38.3 Å². The van der Waals surface area contributed by atoms with Gasteiger partial charge in [-0.05, 0) is 19.1 Å². The van der Waals surface area contributed by atoms with Gasteiger partial charge in [0.15, 0.2) is 0 Å². The largest absolute Gasteiger partial charge is 0.465 e. The van der Waals surface area contributed by atoms with E-state index in [1.54, 1.807) is 6.92 Å². The van der Waals surface area contributed by atoms with Gasteiger partial charge in [-0.1, -0.05) is 6.07 Å². The monoisotopic (exact) mass is 290 g/mol. The van der Waals surface area contributed by atoms with Crippen LogP contribution in [0.25, 0.3) is 0 Å². The lowest BCUT2D eigenvalue weighted by Crippen LogP contribution is -2.38. The van der Waals surface area contributed by atoms with Crippen LogP contribution >= 0.6 is 0 Å². The third kappa shape index (κ3) is 3.49. The summed E-state index contributed by atoms with van der Waals surface area (Å²) in [6.07, 6.45) is 0. The number of ether oxygens (including phenoxy) is 1. The molecule has 0 saturated carbocycles. The lowest BCUT2D eigenvalue weighted by molar-refractivity contribution is 0.0590. The first kappa shape index (κ1) is 15.5. The van der Waals surface area contributed by atoms with Crippen LogP contribution in [0.4, 0.5) is 4.39 Å². The normalized spacial score (nSPS) is 13.1. The highest BCUT2D eigenvalue weighted by atomic mass is 32.2. The Labute approximate surface area is 110 Å². The Morgan fingerprint density at radius 2 is 2.16 bits per heavy atom. The van der Waals surface area contributed by atoms with Crippen LogP contribution < -0.4 is 10.5 Å². The number of benzene rings is 1. The van der Waals surface area contributed by atoms with E-state index in [1.807, 2.05) is 0 Å². The van der Waals surface area contributed by atoms with Crippen molar-refractivity contribution in [2.24, 2.45) is 5.73 Å². The Bertz CT molecular complexity index is 574. The molecule has 1 aromatic carbocycles. The Morgan fingerprint density at radius 1 is 1.53 bits per heavy atom. The zero-order valence-electron chi connectivity index (χ0n) is 10.5. The minimum Gasteiger partial charge on any atom is -0.465 e. The second-order valence-electron chi connectivity index (χ2n) is 3.86. The van der Waals surface area contributed by atoms with Gasteiger partial charge in [0.1, 0.15) is 11.4 Å². The van der Waals surface area contributed by atoms with Crippen LogP contribution in [0.3, 0.4) is 0 Å². The van der Waals surface area contributed by atoms with Crippen molar-refractivity contribution in [3.63, 3.8) is 0 Å². The molecule has 1 atom stereocenters. The van der Waals surface area contributed by atoms with Gasteiger partial charge in [-0.3, -0.25) is 0 Å². The molecular weight excluding hydrogens is 275 g/mol. The second kappa shape index (κ2) is 6.09. The van der Waals surface area contributed by atoms with Crippen molar-refractivity contribution in [1.82, 2.24) is 4.72 Å². The number of hydrogen-bond acceptors (Lipinski definition) is 5. The van der Waals surface area contributed by atoms with Gasteiger partial charge >= 0.3 is 5.97 Å². The van der Waals surface area contributed by atoms with Gasteiger partial charge in [0, 0.05) is 12.6 Å². The zero-order valence-corrected chi connectivity index (χ0v) is 11.3. The van der Waals surface area contributed by atoms with Gasteiger partial charge in [0.25, 0.3) is 0 Å². The molecule has 0 aromatic heterocycles. The SMILES string of the molecule is COC(=O)c1c(F)cccc1S(=O)(=O)N[C@@H](C)CN. The van der Waals surface area contributed by atoms with Crippen molar-refractivity contribution < 1.29 is 22.3 Å². The summed E-state index contributed by atoms with van der Waals surface area (Å²) in [5.41, 5.74) is 4.70. The first-order valence-corrected chi connectivity index (χ1v) is 6.91. The second-order valence-corrected chi connectivity index (χ2v) is 5.54. The topological polar surface area (TPSA) is 98.5 Å². The van der Waals surface area contributed by atoms with Gasteiger partial charge in [-0.15, -0.1) is 0 Å². The first-order chi connectivity index (χ1) is 8.83. The number of methoxy groups -OCH3 is 1. The van der Waals surface area contributed by atoms with Gasteiger partial charge in [-0.2, -0.15) is 0 Å². The summed E-state index contributed by atoms with van der Waals surface area (Å²) < 4.78 is 44.4. The molecule has 6 nitrogen and oxygen atoms in total. The van der Waals surface area contributed by atoms with Crippen LogP contribution in [0, 0.1) is 5.82 Å². The summed E-state index contributed by atoms with van der Waals surface area (Å²) in [6, 6.07) is 2.76. The van der Waals surface area contributed by atoms with Crippen LogP contribution in [-0.2, 0) is 14.8 Å². The fourth-order valence-corrected chi connectivity index (χ4v) is 2.87. The highest BCUT2D eigenvalue weighted by molar-refractivity contribution is 7.89. The molecule has 8 heteroatoms. The maximum atomic E-state index is 13.6. The maximum Gasteiger partial charge on any atom is 0.342 e. The third-order valence-electron chi connectivity index (χ3n) is 2.36. The van der Waals surface area contributed by atoms with Crippen molar-refractivity contribution in [3.8, 4) is 0 Å². The minimum absolute atomic E-state index is 0.0715. The molecule has 106 valence electrons. The predicted molar refractivity (Wildman–Crippen MR) is 66.6 cm³/mol. The van der Waals surface area contributed by atoms with Crippen molar-refractivity contribution in [2.45, 2.75) is 17.9 Å². The molecule has 0 bridgehead atoms. The summed E-state index contributed by atoms with van der Waals surface area (Å²) in [5, 5.41) is 0. The number of esters is 1. The van der Waals surface area contributed by atoms with Crippen LogP contribution in [0.5, 0.6) is 0 Å². The molecule has 3 N–H and O–H groups in total. The molecular formula is C11H15FN2O4S. The summed E-state index contributed by atoms with van der Waals surface area (Å²) in [5.74, 6) is -2.02. The third-order valence-corrected chi connectivity index (χ3v) is 4.00. The Balaban J connectivity index is 3.35. The predicted octanol–water partition coefficient (Wildman–Crippen LogP) is 0.238. The van der Waals surface area contributed by atoms with Gasteiger partial charge in [0.05, 0.1) is 12.0 Å². The standard InChI is InChI=1S/C11H15FN2O4S/c1-7(6-13)14-19(16,17)9-5-3-4-8(12)10(9)11(15)18-2/h3-5,7,14H,6,13H2,1-2H3/t7-/m0/s1. The maximum absolute atomic E-state index is 13.6. The van der Waals surface area contributed by atoms with Crippen molar-refractivity contribution in [1.29, 1.82) is 0 Å². The molecule has 0 amide bonds. The smallest absolute Gasteiger partial charge is 0.342 e. The summed E-state index contributed by atoms with van der Waals surface area (Å²) in [6.45, 7) is 1.62. The molecule has 0 heterocycles. The van der Waals surface area contributed by atoms with Crippen LogP contribution in [-0.4, -0.2) is 34.1 Å². The molecule has 19 heavy (non-hydrogen) atoms. The summed E-state index contributed by atoms with van der Waals surface area (Å²) >= 11 is 0. The highest BCUT2D eigenvalue weighted by Gasteiger charge is 2.27. The molecule has 0 aliphatic heterocycles. The molecule has 0 radical (unpaired) electrons. The number of carbonyl (C=O) groups is 1. The van der Waals surface area contributed by atoms with E-state index in [1.165, 1.54) is 6.07 Å². The number of nitrogens with one attached hydrogen (secondary N) is 1. The quantitative estimate of drug-likeness (QED) is 0.757. The van der Waals surface area contributed by atoms with E-state index in [0.717, 1.165) is 19.2 Å². The fourth-order valence-electron chi connectivity index (χ4n) is 1.40. The van der Waals surface area contributed by atoms with Crippen LogP contribution in [0.15, 0.2) is 23.1 Å². The van der Waals surface area contributed by atoms with Gasteiger partial charge in [0.2, 0.25) is 10.0 Å². The molecule has 1 rings (SSSR count). The number of sulfonamides is 1. The number of nitrogens with two attached hydrogens (primary N) is 1. The lowest BCUT2D eigenvalue weighted by Gasteiger charge is -2.14. The lowest BCUT2D eigenvalue weighted by atomic mass is 10.2. The zero-order chi connectivity index (χ0) is 14.6. The van der Waals surface area contributed by atoms with Crippen LogP contribution in [0.2, 0.25) is 0 Å². The minimum atomic E-state index is -4.05. The van der Waals surface area contributed by atoms with Crippen molar-refractivity contribution in [3.05, 3.63) is 29.6 Å². The molecule has 0 saturated heterocycles. The number of hydrogen-bond donors (Lipinski definition) is 2. The van der Waals surface area contributed by atoms with E-state index in [0.29, 0.717) is 0 Å². The molecule has 0 unspecified atom stereocenters. The van der Waals surface area contributed by atoms with Gasteiger partial charge < -0.3 is 10.5 Å². The average Bonchev–Trinajstić information content (AvgIpc) is 2.36. The Hall–Kier alpha value is -1.51. The number of rotatable bonds is 5. The molecule has 0 aliphatic rings. The first-order valence-electron chi connectivity index (χ1n) is 5.42. The van der Waals surface area contributed by atoms with E-state index in [4.69, 9.17) is 5.73 Å². The molecule has 0 spiro atoms. The highest BCUT2D eigenvalue weighted by Crippen LogP contribution is 2.20. The number of carbonyl (C=O) groups excluding carboxylic acids is 1.